The molecule has 0 unspecified atom stereocenters. The molecule has 39 heavy (non-hydrogen) atoms. The Kier molecular flexibility index (Phi) is 7.58. The van der Waals surface area contributed by atoms with Gasteiger partial charge in [0.05, 0.1) is 28.0 Å². The van der Waals surface area contributed by atoms with E-state index in [0.29, 0.717) is 28.5 Å². The number of amides is 2. The number of halogens is 1. The van der Waals surface area contributed by atoms with Crippen molar-refractivity contribution in [3.8, 4) is 0 Å². The van der Waals surface area contributed by atoms with Crippen LogP contribution in [0.25, 0.3) is 22.3 Å². The van der Waals surface area contributed by atoms with Crippen molar-refractivity contribution in [1.82, 2.24) is 14.9 Å². The molecule has 0 saturated carbocycles. The molecule has 3 aromatic carbocycles. The maximum atomic E-state index is 13.3. The van der Waals surface area contributed by atoms with E-state index < -0.39 is 0 Å². The Morgan fingerprint density at radius 3 is 2.41 bits per heavy atom. The first-order valence-electron chi connectivity index (χ1n) is 12.7. The van der Waals surface area contributed by atoms with E-state index >= 15 is 0 Å². The summed E-state index contributed by atoms with van der Waals surface area (Å²) >= 11 is 6.19. The molecule has 1 aliphatic heterocycles. The summed E-state index contributed by atoms with van der Waals surface area (Å²) in [5, 5.41) is 6.94. The first-order valence-corrected chi connectivity index (χ1v) is 13.0. The number of fused-ring (bicyclic) bond motifs is 2. The maximum Gasteiger partial charge on any atom is 0.258 e. The van der Waals surface area contributed by atoms with Gasteiger partial charge in [0.25, 0.3) is 5.91 Å². The van der Waals surface area contributed by atoms with Crippen LogP contribution < -0.4 is 15.5 Å². The lowest BCUT2D eigenvalue weighted by Gasteiger charge is -2.23. The summed E-state index contributed by atoms with van der Waals surface area (Å²) in [6.07, 6.45) is 4.16. The lowest BCUT2D eigenvalue weighted by Crippen LogP contribution is -2.31. The molecule has 0 radical (unpaired) electrons. The fraction of sp³-hybridized carbons (Fsp3) is 0.200. The standard InChI is InChI=1S/C30H29ClN6O2/c1-19(38)37(16-4-15-36(2)3)23-9-7-22(8-10-23)34-29(20-5-12-25-27(17-20)33-14-13-32-25)28-24-11-6-21(31)18-26(24)35-30(28)39/h5-14,17-18,34H,4,15-16H2,1-3H3,(H,35,39)/b29-28-. The second kappa shape index (κ2) is 11.2. The van der Waals surface area contributed by atoms with Gasteiger partial charge in [-0.25, -0.2) is 0 Å². The van der Waals surface area contributed by atoms with Crippen LogP contribution in [0.4, 0.5) is 17.1 Å². The van der Waals surface area contributed by atoms with Crippen molar-refractivity contribution in [2.75, 3.05) is 42.7 Å². The highest BCUT2D eigenvalue weighted by Gasteiger charge is 2.29. The molecule has 2 N–H and O–H groups in total. The summed E-state index contributed by atoms with van der Waals surface area (Å²) < 4.78 is 0. The average Bonchev–Trinajstić information content (AvgIpc) is 3.24. The Morgan fingerprint density at radius 1 is 0.949 bits per heavy atom. The predicted octanol–water partition coefficient (Wildman–Crippen LogP) is 5.52. The molecule has 0 fully saturated rings. The van der Waals surface area contributed by atoms with E-state index in [0.717, 1.165) is 46.5 Å². The fourth-order valence-electron chi connectivity index (χ4n) is 4.67. The second-order valence-corrected chi connectivity index (χ2v) is 10.1. The predicted molar refractivity (Wildman–Crippen MR) is 158 cm³/mol. The van der Waals surface area contributed by atoms with Crippen molar-refractivity contribution in [1.29, 1.82) is 0 Å². The molecule has 1 aliphatic rings. The van der Waals surface area contributed by atoms with Gasteiger partial charge in [-0.15, -0.1) is 0 Å². The molecule has 2 heterocycles. The number of carbonyl (C=O) groups is 2. The van der Waals surface area contributed by atoms with Crippen molar-refractivity contribution < 1.29 is 9.59 Å². The number of nitrogens with zero attached hydrogens (tertiary/aromatic N) is 4. The number of rotatable bonds is 8. The molecular formula is C30H29ClN6O2. The van der Waals surface area contributed by atoms with Crippen LogP contribution in [0, 0.1) is 0 Å². The summed E-state index contributed by atoms with van der Waals surface area (Å²) in [4.78, 5) is 38.3. The second-order valence-electron chi connectivity index (χ2n) is 9.65. The van der Waals surface area contributed by atoms with Gasteiger partial charge in [-0.05, 0) is 75.6 Å². The molecule has 9 heteroatoms. The Morgan fingerprint density at radius 2 is 1.69 bits per heavy atom. The van der Waals surface area contributed by atoms with Crippen LogP contribution in [-0.2, 0) is 9.59 Å². The van der Waals surface area contributed by atoms with E-state index in [1.54, 1.807) is 36.4 Å². The van der Waals surface area contributed by atoms with Crippen LogP contribution in [0.1, 0.15) is 24.5 Å². The smallest absolute Gasteiger partial charge is 0.258 e. The van der Waals surface area contributed by atoms with E-state index in [-0.39, 0.29) is 11.8 Å². The molecule has 8 nitrogen and oxygen atoms in total. The molecule has 0 aliphatic carbocycles. The van der Waals surface area contributed by atoms with Gasteiger partial charge in [-0.3, -0.25) is 19.6 Å². The van der Waals surface area contributed by atoms with Crippen molar-refractivity contribution in [3.63, 3.8) is 0 Å². The molecule has 0 spiro atoms. The van der Waals surface area contributed by atoms with Crippen LogP contribution in [0.5, 0.6) is 0 Å². The minimum atomic E-state index is -0.228. The molecule has 0 atom stereocenters. The third-order valence-electron chi connectivity index (χ3n) is 6.55. The van der Waals surface area contributed by atoms with Gasteiger partial charge in [0.1, 0.15) is 0 Å². The Labute approximate surface area is 232 Å². The van der Waals surface area contributed by atoms with Gasteiger partial charge >= 0.3 is 0 Å². The van der Waals surface area contributed by atoms with Gasteiger partial charge in [0, 0.05) is 53.4 Å². The SMILES string of the molecule is CC(=O)N(CCCN(C)C)c1ccc(N/C(=C2\C(=O)Nc3cc(Cl)ccc32)c2ccc3nccnc3c2)cc1. The van der Waals surface area contributed by atoms with E-state index in [2.05, 4.69) is 25.5 Å². The monoisotopic (exact) mass is 540 g/mol. The van der Waals surface area contributed by atoms with Gasteiger partial charge in [-0.2, -0.15) is 0 Å². The highest BCUT2D eigenvalue weighted by Crippen LogP contribution is 2.39. The summed E-state index contributed by atoms with van der Waals surface area (Å²) in [5.74, 6) is -0.235. The van der Waals surface area contributed by atoms with Crippen LogP contribution in [0.3, 0.4) is 0 Å². The topological polar surface area (TPSA) is 90.5 Å². The number of hydrogen-bond donors (Lipinski definition) is 2. The first-order chi connectivity index (χ1) is 18.8. The Balaban J connectivity index is 1.53. The van der Waals surface area contributed by atoms with Gasteiger partial charge in [-0.1, -0.05) is 23.7 Å². The zero-order chi connectivity index (χ0) is 27.5. The Bertz CT molecular complexity index is 1580. The van der Waals surface area contributed by atoms with Crippen molar-refractivity contribution in [2.24, 2.45) is 0 Å². The van der Waals surface area contributed by atoms with Gasteiger partial charge in [0.15, 0.2) is 0 Å². The highest BCUT2D eigenvalue weighted by atomic mass is 35.5. The van der Waals surface area contributed by atoms with E-state index in [9.17, 15) is 9.59 Å². The largest absolute Gasteiger partial charge is 0.354 e. The zero-order valence-corrected chi connectivity index (χ0v) is 22.8. The summed E-state index contributed by atoms with van der Waals surface area (Å²) in [6.45, 7) is 3.10. The number of hydrogen-bond acceptors (Lipinski definition) is 6. The molecular weight excluding hydrogens is 512 g/mol. The maximum absolute atomic E-state index is 13.3. The fourth-order valence-corrected chi connectivity index (χ4v) is 4.85. The summed E-state index contributed by atoms with van der Waals surface area (Å²) in [5.41, 5.74) is 6.40. The minimum absolute atomic E-state index is 0.00700. The normalized spacial score (nSPS) is 13.8. The van der Waals surface area contributed by atoms with E-state index in [1.807, 2.05) is 62.6 Å². The van der Waals surface area contributed by atoms with Crippen LogP contribution in [-0.4, -0.2) is 53.9 Å². The van der Waals surface area contributed by atoms with Gasteiger partial charge < -0.3 is 20.4 Å². The first kappa shape index (κ1) is 26.3. The lowest BCUT2D eigenvalue weighted by molar-refractivity contribution is -0.116. The molecule has 5 rings (SSSR count). The zero-order valence-electron chi connectivity index (χ0n) is 22.0. The average molecular weight is 541 g/mol. The van der Waals surface area contributed by atoms with E-state index in [1.165, 1.54) is 0 Å². The quantitative estimate of drug-likeness (QED) is 0.286. The number of benzene rings is 3. The molecule has 2 amide bonds. The van der Waals surface area contributed by atoms with E-state index in [4.69, 9.17) is 11.6 Å². The molecule has 4 aromatic rings. The third-order valence-corrected chi connectivity index (χ3v) is 6.78. The molecule has 0 saturated heterocycles. The number of anilines is 3. The number of aromatic nitrogens is 2. The molecule has 0 bridgehead atoms. The molecule has 198 valence electrons. The van der Waals surface area contributed by atoms with Crippen molar-refractivity contribution >= 4 is 62.8 Å². The number of carbonyl (C=O) groups excluding carboxylic acids is 2. The number of nitrogens with one attached hydrogen (secondary N) is 2. The Hall–Kier alpha value is -4.27. The van der Waals surface area contributed by atoms with Crippen LogP contribution >= 0.6 is 11.6 Å². The molecule has 1 aromatic heterocycles. The van der Waals surface area contributed by atoms with Crippen LogP contribution in [0.2, 0.25) is 5.02 Å². The van der Waals surface area contributed by atoms with Crippen molar-refractivity contribution in [3.05, 3.63) is 89.2 Å². The van der Waals surface area contributed by atoms with Gasteiger partial charge in [0.2, 0.25) is 5.91 Å². The lowest BCUT2D eigenvalue weighted by atomic mass is 9.99. The minimum Gasteiger partial charge on any atom is -0.354 e. The van der Waals surface area contributed by atoms with Crippen LogP contribution in [0.15, 0.2) is 73.1 Å². The summed E-state index contributed by atoms with van der Waals surface area (Å²) in [7, 11) is 4.04. The van der Waals surface area contributed by atoms with Crippen molar-refractivity contribution in [2.45, 2.75) is 13.3 Å². The summed E-state index contributed by atoms with van der Waals surface area (Å²) in [6, 6.07) is 18.7. The highest BCUT2D eigenvalue weighted by molar-refractivity contribution is 6.38. The third kappa shape index (κ3) is 5.77.